The van der Waals surface area contributed by atoms with Crippen molar-refractivity contribution in [1.29, 1.82) is 0 Å². The van der Waals surface area contributed by atoms with Crippen molar-refractivity contribution < 1.29 is 5.11 Å². The minimum absolute atomic E-state index is 0.619. The van der Waals surface area contributed by atoms with Crippen LogP contribution in [0.2, 0.25) is 0 Å². The number of nitrogens with two attached hydrogens (primary N) is 1. The summed E-state index contributed by atoms with van der Waals surface area (Å²) in [7, 11) is 0. The molecular weight excluding hydrogens is 186 g/mol. The van der Waals surface area contributed by atoms with Crippen LogP contribution in [0.4, 0.5) is 5.69 Å². The molecule has 0 aliphatic rings. The number of anilines is 1. The number of hydrogen-bond donors (Lipinski definition) is 2. The maximum atomic E-state index is 10.1. The SMILES string of the molecule is Nc1ccccc1[C@@H](O)c1ccccc1. The lowest BCUT2D eigenvalue weighted by Crippen LogP contribution is -2.03. The Balaban J connectivity index is 2.37. The highest BCUT2D eigenvalue weighted by Gasteiger charge is 2.11. The third-order valence-electron chi connectivity index (χ3n) is 2.41. The van der Waals surface area contributed by atoms with Crippen LogP contribution in [0, 0.1) is 0 Å². The summed E-state index contributed by atoms with van der Waals surface area (Å²) in [6, 6.07) is 16.9. The summed E-state index contributed by atoms with van der Waals surface area (Å²) in [5, 5.41) is 10.1. The average Bonchev–Trinajstić information content (AvgIpc) is 2.30. The Hall–Kier alpha value is -1.80. The molecule has 1 atom stereocenters. The van der Waals surface area contributed by atoms with Crippen molar-refractivity contribution in [3.05, 3.63) is 65.7 Å². The molecule has 2 nitrogen and oxygen atoms in total. The fourth-order valence-corrected chi connectivity index (χ4v) is 1.57. The van der Waals surface area contributed by atoms with E-state index in [9.17, 15) is 5.11 Å². The molecule has 0 bridgehead atoms. The number of hydrogen-bond acceptors (Lipinski definition) is 2. The Morgan fingerprint density at radius 3 is 2.13 bits per heavy atom. The molecule has 15 heavy (non-hydrogen) atoms. The van der Waals surface area contributed by atoms with Crippen LogP contribution in [0.25, 0.3) is 0 Å². The first-order valence-corrected chi connectivity index (χ1v) is 4.86. The topological polar surface area (TPSA) is 46.2 Å². The summed E-state index contributed by atoms with van der Waals surface area (Å²) in [6.45, 7) is 0. The van der Waals surface area contributed by atoms with Gasteiger partial charge < -0.3 is 10.8 Å². The normalized spacial score (nSPS) is 12.3. The Morgan fingerprint density at radius 1 is 0.867 bits per heavy atom. The molecule has 0 heterocycles. The van der Waals surface area contributed by atoms with E-state index in [-0.39, 0.29) is 0 Å². The van der Waals surface area contributed by atoms with Crippen LogP contribution in [-0.4, -0.2) is 5.11 Å². The van der Waals surface area contributed by atoms with Crippen LogP contribution >= 0.6 is 0 Å². The Kier molecular flexibility index (Phi) is 2.70. The first-order valence-electron chi connectivity index (χ1n) is 4.86. The molecule has 0 saturated carbocycles. The van der Waals surface area contributed by atoms with Gasteiger partial charge in [0.1, 0.15) is 6.10 Å². The largest absolute Gasteiger partial charge is 0.398 e. The second-order valence-electron chi connectivity index (χ2n) is 3.44. The van der Waals surface area contributed by atoms with Crippen molar-refractivity contribution >= 4 is 5.69 Å². The van der Waals surface area contributed by atoms with E-state index >= 15 is 0 Å². The van der Waals surface area contributed by atoms with Gasteiger partial charge in [-0.3, -0.25) is 0 Å². The van der Waals surface area contributed by atoms with Crippen LogP contribution < -0.4 is 5.73 Å². The van der Waals surface area contributed by atoms with E-state index < -0.39 is 6.10 Å². The van der Waals surface area contributed by atoms with Crippen LogP contribution in [0.1, 0.15) is 17.2 Å². The molecule has 2 rings (SSSR count). The summed E-state index contributed by atoms with van der Waals surface area (Å²) in [5.41, 5.74) is 8.03. The van der Waals surface area contributed by atoms with Crippen molar-refractivity contribution in [3.63, 3.8) is 0 Å². The summed E-state index contributed by atoms with van der Waals surface area (Å²) in [6.07, 6.45) is -0.646. The number of benzene rings is 2. The van der Waals surface area contributed by atoms with Gasteiger partial charge in [0.15, 0.2) is 0 Å². The zero-order chi connectivity index (χ0) is 10.7. The number of para-hydroxylation sites is 1. The van der Waals surface area contributed by atoms with Crippen molar-refractivity contribution in [2.24, 2.45) is 0 Å². The number of rotatable bonds is 2. The third kappa shape index (κ3) is 2.00. The molecule has 2 aromatic rings. The molecule has 0 aliphatic heterocycles. The molecule has 0 saturated heterocycles. The minimum Gasteiger partial charge on any atom is -0.398 e. The maximum Gasteiger partial charge on any atom is 0.106 e. The van der Waals surface area contributed by atoms with Crippen molar-refractivity contribution in [2.45, 2.75) is 6.10 Å². The predicted molar refractivity (Wildman–Crippen MR) is 61.4 cm³/mol. The van der Waals surface area contributed by atoms with Gasteiger partial charge in [0, 0.05) is 11.3 Å². The van der Waals surface area contributed by atoms with E-state index in [1.807, 2.05) is 48.5 Å². The van der Waals surface area contributed by atoms with E-state index in [0.717, 1.165) is 11.1 Å². The molecule has 0 fully saturated rings. The lowest BCUT2D eigenvalue weighted by atomic mass is 10.0. The van der Waals surface area contributed by atoms with Crippen molar-refractivity contribution in [1.82, 2.24) is 0 Å². The molecule has 2 aromatic carbocycles. The molecule has 0 aliphatic carbocycles. The van der Waals surface area contributed by atoms with E-state index in [4.69, 9.17) is 5.73 Å². The summed E-state index contributed by atoms with van der Waals surface area (Å²) >= 11 is 0. The van der Waals surface area contributed by atoms with Gasteiger partial charge in [-0.25, -0.2) is 0 Å². The monoisotopic (exact) mass is 199 g/mol. The Bertz CT molecular complexity index is 439. The number of aliphatic hydroxyl groups excluding tert-OH is 1. The van der Waals surface area contributed by atoms with Gasteiger partial charge in [0.2, 0.25) is 0 Å². The lowest BCUT2D eigenvalue weighted by molar-refractivity contribution is 0.221. The van der Waals surface area contributed by atoms with Gasteiger partial charge in [-0.1, -0.05) is 48.5 Å². The van der Waals surface area contributed by atoms with Gasteiger partial charge in [0.05, 0.1) is 0 Å². The van der Waals surface area contributed by atoms with Gasteiger partial charge in [-0.05, 0) is 11.6 Å². The summed E-state index contributed by atoms with van der Waals surface area (Å²) in [4.78, 5) is 0. The first kappa shape index (κ1) is 9.74. The molecule has 3 N–H and O–H groups in total. The molecule has 0 amide bonds. The number of nitrogen functional groups attached to an aromatic ring is 1. The predicted octanol–water partition coefficient (Wildman–Crippen LogP) is 2.35. The smallest absolute Gasteiger partial charge is 0.106 e. The van der Waals surface area contributed by atoms with E-state index in [1.165, 1.54) is 0 Å². The highest BCUT2D eigenvalue weighted by atomic mass is 16.3. The highest BCUT2D eigenvalue weighted by Crippen LogP contribution is 2.25. The first-order chi connectivity index (χ1) is 7.29. The summed E-state index contributed by atoms with van der Waals surface area (Å²) < 4.78 is 0. The zero-order valence-corrected chi connectivity index (χ0v) is 8.30. The third-order valence-corrected chi connectivity index (χ3v) is 2.41. The second-order valence-corrected chi connectivity index (χ2v) is 3.44. The molecule has 2 heteroatoms. The quantitative estimate of drug-likeness (QED) is 0.729. The van der Waals surface area contributed by atoms with E-state index in [2.05, 4.69) is 0 Å². The molecular formula is C13H13NO. The van der Waals surface area contributed by atoms with Crippen LogP contribution in [0.3, 0.4) is 0 Å². The standard InChI is InChI=1S/C13H13NO/c14-12-9-5-4-8-11(12)13(15)10-6-2-1-3-7-10/h1-9,13,15H,14H2/t13-/m0/s1. The van der Waals surface area contributed by atoms with Gasteiger partial charge in [-0.15, -0.1) is 0 Å². The number of aliphatic hydroxyl groups is 1. The van der Waals surface area contributed by atoms with E-state index in [1.54, 1.807) is 6.07 Å². The van der Waals surface area contributed by atoms with Gasteiger partial charge in [0.25, 0.3) is 0 Å². The van der Waals surface area contributed by atoms with E-state index in [0.29, 0.717) is 5.69 Å². The molecule has 0 spiro atoms. The zero-order valence-electron chi connectivity index (χ0n) is 8.30. The lowest BCUT2D eigenvalue weighted by Gasteiger charge is -2.13. The minimum atomic E-state index is -0.646. The Labute approximate surface area is 89.0 Å². The van der Waals surface area contributed by atoms with Crippen LogP contribution in [0.5, 0.6) is 0 Å². The maximum absolute atomic E-state index is 10.1. The Morgan fingerprint density at radius 2 is 1.47 bits per heavy atom. The van der Waals surface area contributed by atoms with Gasteiger partial charge >= 0.3 is 0 Å². The fourth-order valence-electron chi connectivity index (χ4n) is 1.57. The molecule has 0 radical (unpaired) electrons. The van der Waals surface area contributed by atoms with Gasteiger partial charge in [-0.2, -0.15) is 0 Å². The molecule has 76 valence electrons. The second kappa shape index (κ2) is 4.15. The van der Waals surface area contributed by atoms with Crippen LogP contribution in [0.15, 0.2) is 54.6 Å². The fraction of sp³-hybridized carbons (Fsp3) is 0.0769. The summed E-state index contributed by atoms with van der Waals surface area (Å²) in [5.74, 6) is 0. The average molecular weight is 199 g/mol. The molecule has 0 unspecified atom stereocenters. The van der Waals surface area contributed by atoms with Crippen LogP contribution in [-0.2, 0) is 0 Å². The van der Waals surface area contributed by atoms with Crippen molar-refractivity contribution in [2.75, 3.05) is 5.73 Å². The highest BCUT2D eigenvalue weighted by molar-refractivity contribution is 5.50. The molecule has 0 aromatic heterocycles. The van der Waals surface area contributed by atoms with Crippen molar-refractivity contribution in [3.8, 4) is 0 Å².